The number of nitrogens with zero attached hydrogens (tertiary/aromatic N) is 2. The van der Waals surface area contributed by atoms with Crippen LogP contribution in [0.5, 0.6) is 11.5 Å². The molecule has 0 saturated carbocycles. The van der Waals surface area contributed by atoms with Crippen LogP contribution in [0, 0.1) is 12.3 Å². The fourth-order valence-electron chi connectivity index (χ4n) is 2.87. The van der Waals surface area contributed by atoms with Crippen LogP contribution in [0.3, 0.4) is 0 Å². The zero-order valence-electron chi connectivity index (χ0n) is 16.2. The molecule has 1 aliphatic rings. The molecule has 27 heavy (non-hydrogen) atoms. The van der Waals surface area contributed by atoms with Crippen molar-refractivity contribution in [3.8, 4) is 11.5 Å². The van der Waals surface area contributed by atoms with E-state index in [1.165, 1.54) is 0 Å². The molecule has 0 aliphatic carbocycles. The molecule has 144 valence electrons. The Bertz CT molecular complexity index is 815. The number of benzene rings is 1. The molecule has 1 aromatic carbocycles. The molecule has 0 N–H and O–H groups in total. The highest BCUT2D eigenvalue weighted by Crippen LogP contribution is 2.30. The topological polar surface area (TPSA) is 51.7 Å². The number of carbonyl (C=O) groups excluding carboxylic acids is 1. The van der Waals surface area contributed by atoms with E-state index >= 15 is 0 Å². The highest BCUT2D eigenvalue weighted by atomic mass is 79.9. The fourth-order valence-corrected chi connectivity index (χ4v) is 3.11. The number of rotatable bonds is 5. The van der Waals surface area contributed by atoms with E-state index in [1.807, 2.05) is 25.1 Å². The number of aromatic nitrogens is 1. The highest BCUT2D eigenvalue weighted by molar-refractivity contribution is 9.10. The third-order valence-corrected chi connectivity index (χ3v) is 4.73. The molecule has 1 unspecified atom stereocenters. The van der Waals surface area contributed by atoms with Crippen molar-refractivity contribution in [2.24, 2.45) is 5.41 Å². The molecule has 3 rings (SSSR count). The van der Waals surface area contributed by atoms with E-state index in [-0.39, 0.29) is 11.3 Å². The Morgan fingerprint density at radius 2 is 2.04 bits per heavy atom. The molecule has 1 aromatic heterocycles. The molecule has 0 radical (unpaired) electrons. The Hall–Kier alpha value is -2.08. The summed E-state index contributed by atoms with van der Waals surface area (Å²) in [7, 11) is 0. The number of carbonyl (C=O) groups is 1. The number of ether oxygens (including phenoxy) is 2. The van der Waals surface area contributed by atoms with Crippen LogP contribution >= 0.6 is 15.9 Å². The predicted molar refractivity (Wildman–Crippen MR) is 109 cm³/mol. The molecule has 0 bridgehead atoms. The molecule has 2 aromatic rings. The van der Waals surface area contributed by atoms with Gasteiger partial charge in [0, 0.05) is 18.7 Å². The maximum atomic E-state index is 12.8. The first-order valence-corrected chi connectivity index (χ1v) is 9.85. The maximum absolute atomic E-state index is 12.8. The van der Waals surface area contributed by atoms with Crippen molar-refractivity contribution in [1.29, 1.82) is 0 Å². The number of hydrogen-bond donors (Lipinski definition) is 0. The zero-order chi connectivity index (χ0) is 19.6. The normalized spacial score (nSPS) is 17.3. The van der Waals surface area contributed by atoms with Gasteiger partial charge < -0.3 is 14.4 Å². The largest absolute Gasteiger partial charge is 0.493 e. The van der Waals surface area contributed by atoms with Gasteiger partial charge in [-0.15, -0.1) is 0 Å². The van der Waals surface area contributed by atoms with E-state index < -0.39 is 6.10 Å². The lowest BCUT2D eigenvalue weighted by Gasteiger charge is -2.22. The quantitative estimate of drug-likeness (QED) is 0.638. The van der Waals surface area contributed by atoms with Gasteiger partial charge in [-0.3, -0.25) is 4.79 Å². The van der Waals surface area contributed by atoms with Crippen molar-refractivity contribution < 1.29 is 14.3 Å². The number of hydrogen-bond acceptors (Lipinski definition) is 4. The second-order valence-electron chi connectivity index (χ2n) is 8.00. The van der Waals surface area contributed by atoms with Crippen molar-refractivity contribution in [1.82, 2.24) is 4.98 Å². The van der Waals surface area contributed by atoms with Crippen molar-refractivity contribution in [3.05, 3.63) is 46.7 Å². The summed E-state index contributed by atoms with van der Waals surface area (Å²) in [5.74, 6) is 1.43. The van der Waals surface area contributed by atoms with Crippen molar-refractivity contribution in [2.45, 2.75) is 40.2 Å². The maximum Gasteiger partial charge on any atom is 0.268 e. The molecule has 5 nitrogen and oxygen atoms in total. The third kappa shape index (κ3) is 5.01. The standard InChI is InChI=1S/C21H25BrN2O3/c1-14-11-15(5-7-17(14)26-13-21(2,3)4)24-10-9-18(20(24)25)27-16-6-8-19(22)23-12-16/h5-8,11-12,18H,9-10,13H2,1-4H3. The van der Waals surface area contributed by atoms with Crippen molar-refractivity contribution in [3.63, 3.8) is 0 Å². The van der Waals surface area contributed by atoms with Crippen LogP contribution < -0.4 is 14.4 Å². The summed E-state index contributed by atoms with van der Waals surface area (Å²) in [4.78, 5) is 18.7. The first-order valence-electron chi connectivity index (χ1n) is 9.06. The van der Waals surface area contributed by atoms with Crippen LogP contribution in [-0.2, 0) is 4.79 Å². The van der Waals surface area contributed by atoms with Gasteiger partial charge in [0.15, 0.2) is 6.10 Å². The van der Waals surface area contributed by atoms with E-state index in [1.54, 1.807) is 23.2 Å². The third-order valence-electron chi connectivity index (χ3n) is 4.27. The lowest BCUT2D eigenvalue weighted by molar-refractivity contribution is -0.122. The van der Waals surface area contributed by atoms with E-state index in [9.17, 15) is 4.79 Å². The average Bonchev–Trinajstić information content (AvgIpc) is 2.96. The molecule has 2 heterocycles. The minimum absolute atomic E-state index is 0.0271. The van der Waals surface area contributed by atoms with Crippen LogP contribution in [-0.4, -0.2) is 30.1 Å². The monoisotopic (exact) mass is 432 g/mol. The Morgan fingerprint density at radius 3 is 2.67 bits per heavy atom. The van der Waals surface area contributed by atoms with Gasteiger partial charge in [-0.1, -0.05) is 20.8 Å². The summed E-state index contributed by atoms with van der Waals surface area (Å²) in [6.45, 7) is 9.70. The first-order chi connectivity index (χ1) is 12.7. The zero-order valence-corrected chi connectivity index (χ0v) is 17.7. The van der Waals surface area contributed by atoms with Gasteiger partial charge >= 0.3 is 0 Å². The Kier molecular flexibility index (Phi) is 5.75. The van der Waals surface area contributed by atoms with Gasteiger partial charge in [-0.05, 0) is 64.2 Å². The Morgan fingerprint density at radius 1 is 1.26 bits per heavy atom. The molecule has 1 aliphatic heterocycles. The number of pyridine rings is 1. The number of amides is 1. The summed E-state index contributed by atoms with van der Waals surface area (Å²) < 4.78 is 12.5. The summed E-state index contributed by atoms with van der Waals surface area (Å²) in [6.07, 6.45) is 1.78. The average molecular weight is 433 g/mol. The molecular formula is C21H25BrN2O3. The summed E-state index contributed by atoms with van der Waals surface area (Å²) in [5, 5.41) is 0. The number of anilines is 1. The highest BCUT2D eigenvalue weighted by Gasteiger charge is 2.34. The lowest BCUT2D eigenvalue weighted by atomic mass is 9.98. The van der Waals surface area contributed by atoms with Crippen molar-refractivity contribution in [2.75, 3.05) is 18.1 Å². The Balaban J connectivity index is 1.67. The Labute approximate surface area is 168 Å². The predicted octanol–water partition coefficient (Wildman–Crippen LogP) is 4.76. The van der Waals surface area contributed by atoms with Gasteiger partial charge in [-0.2, -0.15) is 0 Å². The second kappa shape index (κ2) is 7.89. The summed E-state index contributed by atoms with van der Waals surface area (Å²) in [6, 6.07) is 9.48. The van der Waals surface area contributed by atoms with Gasteiger partial charge in [0.25, 0.3) is 5.91 Å². The van der Waals surface area contributed by atoms with Gasteiger partial charge in [0.05, 0.1) is 12.8 Å². The second-order valence-corrected chi connectivity index (χ2v) is 8.81. The molecule has 1 fully saturated rings. The first kappa shape index (κ1) is 19.7. The van der Waals surface area contributed by atoms with Crippen LogP contribution in [0.2, 0.25) is 0 Å². The van der Waals surface area contributed by atoms with E-state index in [0.717, 1.165) is 21.6 Å². The van der Waals surface area contributed by atoms with Gasteiger partial charge in [-0.25, -0.2) is 4.98 Å². The lowest BCUT2D eigenvalue weighted by Crippen LogP contribution is -2.32. The number of aryl methyl sites for hydroxylation is 1. The van der Waals surface area contributed by atoms with Crippen molar-refractivity contribution >= 4 is 27.5 Å². The molecule has 1 saturated heterocycles. The van der Waals surface area contributed by atoms with E-state index in [2.05, 4.69) is 41.7 Å². The molecule has 6 heteroatoms. The summed E-state index contributed by atoms with van der Waals surface area (Å²) >= 11 is 3.29. The van der Waals surface area contributed by atoms with Crippen LogP contribution in [0.4, 0.5) is 5.69 Å². The SMILES string of the molecule is Cc1cc(N2CCC(Oc3ccc(Br)nc3)C2=O)ccc1OCC(C)(C)C. The minimum Gasteiger partial charge on any atom is -0.493 e. The number of halogens is 1. The molecule has 1 amide bonds. The van der Waals surface area contributed by atoms with Crippen LogP contribution in [0.25, 0.3) is 0 Å². The van der Waals surface area contributed by atoms with E-state index in [4.69, 9.17) is 9.47 Å². The van der Waals surface area contributed by atoms with Crippen LogP contribution in [0.15, 0.2) is 41.1 Å². The minimum atomic E-state index is -0.481. The van der Waals surface area contributed by atoms with Gasteiger partial charge in [0.1, 0.15) is 16.1 Å². The molecule has 0 spiro atoms. The molecule has 1 atom stereocenters. The molecular weight excluding hydrogens is 408 g/mol. The summed E-state index contributed by atoms with van der Waals surface area (Å²) in [5.41, 5.74) is 1.99. The van der Waals surface area contributed by atoms with Gasteiger partial charge in [0.2, 0.25) is 0 Å². The van der Waals surface area contributed by atoms with E-state index in [0.29, 0.717) is 25.3 Å². The van der Waals surface area contributed by atoms with Crippen LogP contribution in [0.1, 0.15) is 32.8 Å². The smallest absolute Gasteiger partial charge is 0.268 e. The fraction of sp³-hybridized carbons (Fsp3) is 0.429.